The molecule has 2 aromatic rings. The van der Waals surface area contributed by atoms with Crippen molar-refractivity contribution in [2.75, 3.05) is 12.4 Å². The van der Waals surface area contributed by atoms with Crippen LogP contribution in [-0.4, -0.2) is 19.1 Å². The molecule has 0 aliphatic heterocycles. The molecule has 2 aromatic carbocycles. The summed E-state index contributed by atoms with van der Waals surface area (Å²) >= 11 is 0. The fraction of sp³-hybridized carbons (Fsp3) is 0.263. The molecule has 0 heterocycles. The van der Waals surface area contributed by atoms with Gasteiger partial charge in [0.1, 0.15) is 0 Å². The molecular formula is C19H22N2O3. The number of methoxy groups -OCH3 is 1. The van der Waals surface area contributed by atoms with Crippen LogP contribution >= 0.6 is 0 Å². The van der Waals surface area contributed by atoms with Gasteiger partial charge in [-0.1, -0.05) is 61.9 Å². The first-order valence-corrected chi connectivity index (χ1v) is 7.94. The maximum Gasteiger partial charge on any atom is 0.333 e. The van der Waals surface area contributed by atoms with Gasteiger partial charge in [0.2, 0.25) is 0 Å². The second-order valence-corrected chi connectivity index (χ2v) is 5.37. The first-order valence-electron chi connectivity index (χ1n) is 7.94. The number of carbonyl (C=O) groups is 2. The molecule has 0 saturated heterocycles. The van der Waals surface area contributed by atoms with Gasteiger partial charge in [0.25, 0.3) is 0 Å². The van der Waals surface area contributed by atoms with Crippen molar-refractivity contribution in [3.05, 3.63) is 65.7 Å². The fourth-order valence-corrected chi connectivity index (χ4v) is 2.46. The summed E-state index contributed by atoms with van der Waals surface area (Å²) in [6, 6.07) is 15.3. The Morgan fingerprint density at radius 2 is 1.71 bits per heavy atom. The third kappa shape index (κ3) is 4.59. The Morgan fingerprint density at radius 1 is 1.04 bits per heavy atom. The quantitative estimate of drug-likeness (QED) is 0.796. The SMILES string of the molecule is CCCc1ccccc1NC(=O)NC(C(=O)OC)c1ccccc1. The van der Waals surface area contributed by atoms with Gasteiger partial charge in [0, 0.05) is 5.69 Å². The highest BCUT2D eigenvalue weighted by molar-refractivity contribution is 5.93. The average Bonchev–Trinajstić information content (AvgIpc) is 2.61. The minimum Gasteiger partial charge on any atom is -0.467 e. The Kier molecular flexibility index (Phi) is 6.37. The van der Waals surface area contributed by atoms with E-state index in [0.717, 1.165) is 24.1 Å². The third-order valence-corrected chi connectivity index (χ3v) is 3.63. The van der Waals surface area contributed by atoms with Crippen molar-refractivity contribution < 1.29 is 14.3 Å². The number of nitrogens with one attached hydrogen (secondary N) is 2. The summed E-state index contributed by atoms with van der Waals surface area (Å²) in [7, 11) is 1.30. The van der Waals surface area contributed by atoms with Gasteiger partial charge >= 0.3 is 12.0 Å². The highest BCUT2D eigenvalue weighted by Crippen LogP contribution is 2.18. The lowest BCUT2D eigenvalue weighted by atomic mass is 10.1. The number of ether oxygens (including phenoxy) is 1. The Hall–Kier alpha value is -2.82. The summed E-state index contributed by atoms with van der Waals surface area (Å²) in [5.74, 6) is -0.516. The summed E-state index contributed by atoms with van der Waals surface area (Å²) in [4.78, 5) is 24.3. The highest BCUT2D eigenvalue weighted by Gasteiger charge is 2.23. The van der Waals surface area contributed by atoms with Crippen LogP contribution in [0.25, 0.3) is 0 Å². The van der Waals surface area contributed by atoms with Gasteiger partial charge in [-0.15, -0.1) is 0 Å². The second kappa shape index (κ2) is 8.72. The fourth-order valence-electron chi connectivity index (χ4n) is 2.46. The van der Waals surface area contributed by atoms with E-state index in [1.807, 2.05) is 30.3 Å². The maximum absolute atomic E-state index is 12.3. The lowest BCUT2D eigenvalue weighted by molar-refractivity contribution is -0.143. The number of aryl methyl sites for hydroxylation is 1. The standard InChI is InChI=1S/C19H22N2O3/c1-3-9-14-10-7-8-13-16(14)20-19(23)21-17(18(22)24-2)15-11-5-4-6-12-15/h4-8,10-13,17H,3,9H2,1-2H3,(H2,20,21,23). The molecule has 2 rings (SSSR count). The molecular weight excluding hydrogens is 304 g/mol. The van der Waals surface area contributed by atoms with Gasteiger partial charge in [0.05, 0.1) is 7.11 Å². The zero-order valence-corrected chi connectivity index (χ0v) is 13.9. The lowest BCUT2D eigenvalue weighted by Crippen LogP contribution is -2.37. The molecule has 0 fully saturated rings. The van der Waals surface area contributed by atoms with Crippen LogP contribution in [0.15, 0.2) is 54.6 Å². The van der Waals surface area contributed by atoms with Crippen molar-refractivity contribution in [3.63, 3.8) is 0 Å². The van der Waals surface area contributed by atoms with Gasteiger partial charge in [-0.25, -0.2) is 9.59 Å². The third-order valence-electron chi connectivity index (χ3n) is 3.63. The van der Waals surface area contributed by atoms with E-state index in [2.05, 4.69) is 17.6 Å². The number of hydrogen-bond donors (Lipinski definition) is 2. The topological polar surface area (TPSA) is 67.4 Å². The Labute approximate surface area is 142 Å². The molecule has 5 nitrogen and oxygen atoms in total. The first kappa shape index (κ1) is 17.5. The predicted octanol–water partition coefficient (Wildman–Crippen LogP) is 3.67. The zero-order valence-electron chi connectivity index (χ0n) is 13.9. The van der Waals surface area contributed by atoms with Crippen LogP contribution in [0.2, 0.25) is 0 Å². The van der Waals surface area contributed by atoms with Gasteiger partial charge in [-0.2, -0.15) is 0 Å². The summed E-state index contributed by atoms with van der Waals surface area (Å²) < 4.78 is 4.80. The molecule has 1 unspecified atom stereocenters. The van der Waals surface area contributed by atoms with E-state index >= 15 is 0 Å². The van der Waals surface area contributed by atoms with Crippen molar-refractivity contribution in [1.82, 2.24) is 5.32 Å². The average molecular weight is 326 g/mol. The van der Waals surface area contributed by atoms with Gasteiger partial charge < -0.3 is 15.4 Å². The van der Waals surface area contributed by atoms with E-state index in [1.54, 1.807) is 24.3 Å². The Balaban J connectivity index is 2.13. The number of amides is 2. The molecule has 2 N–H and O–H groups in total. The smallest absolute Gasteiger partial charge is 0.333 e. The van der Waals surface area contributed by atoms with Crippen LogP contribution < -0.4 is 10.6 Å². The number of anilines is 1. The van der Waals surface area contributed by atoms with Crippen molar-refractivity contribution in [2.45, 2.75) is 25.8 Å². The van der Waals surface area contributed by atoms with E-state index in [0.29, 0.717) is 5.56 Å². The number of rotatable bonds is 6. The van der Waals surface area contributed by atoms with Gasteiger partial charge in [0.15, 0.2) is 6.04 Å². The number of para-hydroxylation sites is 1. The number of esters is 1. The summed E-state index contributed by atoms with van der Waals surface area (Å²) in [5, 5.41) is 5.49. The molecule has 5 heteroatoms. The number of carbonyl (C=O) groups excluding carboxylic acids is 2. The van der Waals surface area contributed by atoms with Gasteiger partial charge in [-0.3, -0.25) is 0 Å². The molecule has 0 bridgehead atoms. The van der Waals surface area contributed by atoms with Crippen molar-refractivity contribution in [1.29, 1.82) is 0 Å². The molecule has 1 atom stereocenters. The van der Waals surface area contributed by atoms with Crippen molar-refractivity contribution in [2.24, 2.45) is 0 Å². The Bertz CT molecular complexity index is 686. The monoisotopic (exact) mass is 326 g/mol. The summed E-state index contributed by atoms with van der Waals surface area (Å²) in [6.07, 6.45) is 1.85. The Morgan fingerprint density at radius 3 is 2.38 bits per heavy atom. The maximum atomic E-state index is 12.3. The zero-order chi connectivity index (χ0) is 17.4. The largest absolute Gasteiger partial charge is 0.467 e. The molecule has 126 valence electrons. The number of hydrogen-bond acceptors (Lipinski definition) is 3. The van der Waals surface area contributed by atoms with Gasteiger partial charge in [-0.05, 0) is 23.6 Å². The lowest BCUT2D eigenvalue weighted by Gasteiger charge is -2.18. The number of benzene rings is 2. The highest BCUT2D eigenvalue weighted by atomic mass is 16.5. The first-order chi connectivity index (χ1) is 11.7. The molecule has 0 aliphatic carbocycles. The van der Waals surface area contributed by atoms with Crippen LogP contribution in [0.1, 0.15) is 30.5 Å². The van der Waals surface area contributed by atoms with Crippen molar-refractivity contribution >= 4 is 17.7 Å². The molecule has 0 saturated carbocycles. The number of urea groups is 1. The molecule has 0 spiro atoms. The minimum atomic E-state index is -0.852. The van der Waals surface area contributed by atoms with Crippen LogP contribution in [-0.2, 0) is 16.0 Å². The van der Waals surface area contributed by atoms with Crippen molar-refractivity contribution in [3.8, 4) is 0 Å². The summed E-state index contributed by atoms with van der Waals surface area (Å²) in [5.41, 5.74) is 2.47. The van der Waals surface area contributed by atoms with Crippen LogP contribution in [0, 0.1) is 0 Å². The van der Waals surface area contributed by atoms with Crippen LogP contribution in [0.3, 0.4) is 0 Å². The van der Waals surface area contributed by atoms with E-state index < -0.39 is 18.0 Å². The minimum absolute atomic E-state index is 0.446. The predicted molar refractivity (Wildman–Crippen MR) is 93.8 cm³/mol. The normalized spacial score (nSPS) is 11.4. The van der Waals surface area contributed by atoms with E-state index in [-0.39, 0.29) is 0 Å². The molecule has 2 amide bonds. The van der Waals surface area contributed by atoms with E-state index in [9.17, 15) is 9.59 Å². The summed E-state index contributed by atoms with van der Waals surface area (Å²) in [6.45, 7) is 2.08. The molecule has 0 aliphatic rings. The molecule has 0 aromatic heterocycles. The van der Waals surface area contributed by atoms with Crippen LogP contribution in [0.5, 0.6) is 0 Å². The molecule has 0 radical (unpaired) electrons. The van der Waals surface area contributed by atoms with Crippen LogP contribution in [0.4, 0.5) is 10.5 Å². The van der Waals surface area contributed by atoms with E-state index in [1.165, 1.54) is 7.11 Å². The molecule has 24 heavy (non-hydrogen) atoms. The van der Waals surface area contributed by atoms with E-state index in [4.69, 9.17) is 4.74 Å². The second-order valence-electron chi connectivity index (χ2n) is 5.37.